The van der Waals surface area contributed by atoms with E-state index in [0.29, 0.717) is 13.0 Å². The molecule has 32 heavy (non-hydrogen) atoms. The lowest BCUT2D eigenvalue weighted by Gasteiger charge is -2.38. The van der Waals surface area contributed by atoms with E-state index in [0.717, 1.165) is 62.7 Å². The molecule has 1 amide bonds. The van der Waals surface area contributed by atoms with Crippen LogP contribution in [0.4, 0.5) is 5.69 Å². The standard InChI is InChI=1S/C25H30N2O5/c1-29-23-14-17-6-7-18(20(17)16-24(23)30-2)15-25(28)27-11-9-26(10-12-27)21-4-3-5-22-19(21)8-13-31-32-22/h3-5,14,16,18H,6-13,15H2,1-2H3. The van der Waals surface area contributed by atoms with Crippen LogP contribution in [0.15, 0.2) is 30.3 Å². The van der Waals surface area contributed by atoms with Crippen LogP contribution in [0.2, 0.25) is 0 Å². The molecule has 1 saturated heterocycles. The molecule has 5 rings (SSSR count). The monoisotopic (exact) mass is 438 g/mol. The summed E-state index contributed by atoms with van der Waals surface area (Å²) >= 11 is 0. The highest BCUT2D eigenvalue weighted by atomic mass is 17.2. The van der Waals surface area contributed by atoms with E-state index in [1.54, 1.807) is 14.2 Å². The Morgan fingerprint density at radius 2 is 1.84 bits per heavy atom. The maximum Gasteiger partial charge on any atom is 0.223 e. The molecule has 1 aliphatic carbocycles. The molecule has 0 spiro atoms. The number of piperazine rings is 1. The fourth-order valence-corrected chi connectivity index (χ4v) is 5.20. The van der Waals surface area contributed by atoms with Gasteiger partial charge in [-0.1, -0.05) is 6.07 Å². The zero-order valence-corrected chi connectivity index (χ0v) is 18.8. The number of anilines is 1. The number of hydrogen-bond donors (Lipinski definition) is 0. The summed E-state index contributed by atoms with van der Waals surface area (Å²) in [5.74, 6) is 2.78. The van der Waals surface area contributed by atoms with Crippen molar-refractivity contribution < 1.29 is 24.0 Å². The molecule has 3 aliphatic rings. The number of ether oxygens (including phenoxy) is 2. The van der Waals surface area contributed by atoms with Crippen LogP contribution in [0, 0.1) is 0 Å². The SMILES string of the molecule is COc1cc2c(cc1OC)C(CC(=O)N1CCN(c3cccc4c3CCOO4)CC1)CC2. The number of benzene rings is 2. The molecule has 2 heterocycles. The van der Waals surface area contributed by atoms with Gasteiger partial charge in [-0.25, -0.2) is 0 Å². The van der Waals surface area contributed by atoms with Crippen LogP contribution in [0.5, 0.6) is 17.2 Å². The quantitative estimate of drug-likeness (QED) is 0.668. The minimum Gasteiger partial charge on any atom is -0.493 e. The van der Waals surface area contributed by atoms with Crippen molar-refractivity contribution in [1.82, 2.24) is 4.90 Å². The summed E-state index contributed by atoms with van der Waals surface area (Å²) in [6, 6.07) is 10.2. The Balaban J connectivity index is 1.22. The van der Waals surface area contributed by atoms with Gasteiger partial charge in [0.05, 0.1) is 20.8 Å². The Hall–Kier alpha value is -2.93. The van der Waals surface area contributed by atoms with Crippen LogP contribution in [0.25, 0.3) is 0 Å². The summed E-state index contributed by atoms with van der Waals surface area (Å²) in [4.78, 5) is 28.0. The van der Waals surface area contributed by atoms with Crippen LogP contribution in [0.3, 0.4) is 0 Å². The lowest BCUT2D eigenvalue weighted by Crippen LogP contribution is -2.49. The maximum atomic E-state index is 13.1. The van der Waals surface area contributed by atoms with Gasteiger partial charge in [0.1, 0.15) is 0 Å². The zero-order valence-electron chi connectivity index (χ0n) is 18.8. The molecular weight excluding hydrogens is 408 g/mol. The molecule has 2 aromatic rings. The lowest BCUT2D eigenvalue weighted by atomic mass is 9.96. The van der Waals surface area contributed by atoms with Gasteiger partial charge < -0.3 is 24.2 Å². The number of amides is 1. The number of hydrogen-bond acceptors (Lipinski definition) is 6. The average molecular weight is 439 g/mol. The molecule has 2 aromatic carbocycles. The summed E-state index contributed by atoms with van der Waals surface area (Å²) in [5, 5.41) is 0. The predicted octanol–water partition coefficient (Wildman–Crippen LogP) is 3.34. The topological polar surface area (TPSA) is 60.5 Å². The van der Waals surface area contributed by atoms with E-state index in [1.807, 2.05) is 17.0 Å². The summed E-state index contributed by atoms with van der Waals surface area (Å²) in [7, 11) is 3.31. The number of rotatable bonds is 5. The molecule has 7 nitrogen and oxygen atoms in total. The van der Waals surface area contributed by atoms with Crippen LogP contribution in [-0.2, 0) is 22.5 Å². The van der Waals surface area contributed by atoms with Gasteiger partial charge >= 0.3 is 0 Å². The molecule has 1 unspecified atom stereocenters. The first-order valence-electron chi connectivity index (χ1n) is 11.4. The van der Waals surface area contributed by atoms with E-state index in [4.69, 9.17) is 19.2 Å². The van der Waals surface area contributed by atoms with Gasteiger partial charge in [0.2, 0.25) is 5.91 Å². The highest BCUT2D eigenvalue weighted by Gasteiger charge is 2.30. The first kappa shape index (κ1) is 20.9. The van der Waals surface area contributed by atoms with Crippen LogP contribution < -0.4 is 19.3 Å². The van der Waals surface area contributed by atoms with Gasteiger partial charge in [0.25, 0.3) is 0 Å². The van der Waals surface area contributed by atoms with Crippen molar-refractivity contribution >= 4 is 11.6 Å². The molecule has 1 fully saturated rings. The number of nitrogens with zero attached hydrogens (tertiary/aromatic N) is 2. The Morgan fingerprint density at radius 1 is 1.06 bits per heavy atom. The Kier molecular flexibility index (Phi) is 5.83. The normalized spacial score (nSPS) is 19.8. The van der Waals surface area contributed by atoms with E-state index in [1.165, 1.54) is 22.4 Å². The number of fused-ring (bicyclic) bond motifs is 2. The molecule has 170 valence electrons. The molecule has 0 bridgehead atoms. The highest BCUT2D eigenvalue weighted by Crippen LogP contribution is 2.42. The fourth-order valence-electron chi connectivity index (χ4n) is 5.20. The van der Waals surface area contributed by atoms with Gasteiger partial charge in [-0.05, 0) is 54.2 Å². The molecular formula is C25H30N2O5. The number of carbonyl (C=O) groups is 1. The number of carbonyl (C=O) groups excluding carboxylic acids is 1. The van der Waals surface area contributed by atoms with Crippen molar-refractivity contribution in [3.63, 3.8) is 0 Å². The van der Waals surface area contributed by atoms with Crippen molar-refractivity contribution in [3.05, 3.63) is 47.0 Å². The van der Waals surface area contributed by atoms with Crippen molar-refractivity contribution in [2.75, 3.05) is 51.9 Å². The van der Waals surface area contributed by atoms with Crippen LogP contribution in [0.1, 0.15) is 35.4 Å². The van der Waals surface area contributed by atoms with E-state index < -0.39 is 0 Å². The molecule has 1 atom stereocenters. The molecule has 0 radical (unpaired) electrons. The molecule has 7 heteroatoms. The van der Waals surface area contributed by atoms with Crippen molar-refractivity contribution in [2.24, 2.45) is 0 Å². The lowest BCUT2D eigenvalue weighted by molar-refractivity contribution is -0.215. The van der Waals surface area contributed by atoms with Crippen molar-refractivity contribution in [1.29, 1.82) is 0 Å². The third kappa shape index (κ3) is 3.86. The Morgan fingerprint density at radius 3 is 2.62 bits per heavy atom. The van der Waals surface area contributed by atoms with E-state index in [-0.39, 0.29) is 11.8 Å². The van der Waals surface area contributed by atoms with Gasteiger partial charge in [0.15, 0.2) is 17.2 Å². The van der Waals surface area contributed by atoms with Gasteiger partial charge in [-0.3, -0.25) is 4.79 Å². The van der Waals surface area contributed by atoms with Gasteiger partial charge in [0, 0.05) is 50.3 Å². The first-order chi connectivity index (χ1) is 15.7. The smallest absolute Gasteiger partial charge is 0.223 e. The van der Waals surface area contributed by atoms with Crippen LogP contribution >= 0.6 is 0 Å². The van der Waals surface area contributed by atoms with Crippen molar-refractivity contribution in [2.45, 2.75) is 31.6 Å². The predicted molar refractivity (Wildman–Crippen MR) is 121 cm³/mol. The summed E-state index contributed by atoms with van der Waals surface area (Å²) < 4.78 is 10.9. The van der Waals surface area contributed by atoms with Crippen LogP contribution in [-0.4, -0.2) is 57.8 Å². The first-order valence-corrected chi connectivity index (χ1v) is 11.4. The minimum atomic E-state index is 0.240. The zero-order chi connectivity index (χ0) is 22.1. The molecule has 0 aromatic heterocycles. The summed E-state index contributed by atoms with van der Waals surface area (Å²) in [5.41, 5.74) is 4.90. The number of aryl methyl sites for hydroxylation is 1. The Bertz CT molecular complexity index is 1000. The third-order valence-electron chi connectivity index (χ3n) is 6.93. The second-order valence-corrected chi connectivity index (χ2v) is 8.62. The fraction of sp³-hybridized carbons (Fsp3) is 0.480. The molecule has 0 N–H and O–H groups in total. The summed E-state index contributed by atoms with van der Waals surface area (Å²) in [6.45, 7) is 3.71. The van der Waals surface area contributed by atoms with E-state index in [9.17, 15) is 4.79 Å². The highest BCUT2D eigenvalue weighted by molar-refractivity contribution is 5.78. The Labute approximate surface area is 188 Å². The third-order valence-corrected chi connectivity index (χ3v) is 6.93. The molecule has 2 aliphatic heterocycles. The van der Waals surface area contributed by atoms with Crippen molar-refractivity contribution in [3.8, 4) is 17.2 Å². The van der Waals surface area contributed by atoms with Gasteiger partial charge in [-0.2, -0.15) is 4.89 Å². The second-order valence-electron chi connectivity index (χ2n) is 8.62. The molecule has 0 saturated carbocycles. The summed E-state index contributed by atoms with van der Waals surface area (Å²) in [6.07, 6.45) is 3.37. The van der Waals surface area contributed by atoms with E-state index in [2.05, 4.69) is 23.1 Å². The van der Waals surface area contributed by atoms with Gasteiger partial charge in [-0.15, -0.1) is 0 Å². The number of methoxy groups -OCH3 is 2. The average Bonchev–Trinajstić information content (AvgIpc) is 3.24. The van der Waals surface area contributed by atoms with E-state index >= 15 is 0 Å². The minimum absolute atomic E-state index is 0.240. The maximum absolute atomic E-state index is 13.1. The second kappa shape index (κ2) is 8.90. The largest absolute Gasteiger partial charge is 0.493 e.